The fourth-order valence-corrected chi connectivity index (χ4v) is 5.62. The van der Waals surface area contributed by atoms with Crippen LogP contribution in [0.1, 0.15) is 5.56 Å². The molecule has 0 radical (unpaired) electrons. The molecule has 7 heteroatoms. The number of nitrogens with zero attached hydrogens (tertiary/aromatic N) is 4. The van der Waals surface area contributed by atoms with Crippen molar-refractivity contribution in [3.63, 3.8) is 0 Å². The molecule has 5 rings (SSSR count). The molecule has 1 saturated carbocycles. The Morgan fingerprint density at radius 3 is 2.65 bits per heavy atom. The maximum Gasteiger partial charge on any atom is 0.148 e. The first-order chi connectivity index (χ1) is 12.8. The van der Waals surface area contributed by atoms with Crippen molar-refractivity contribution in [3.8, 4) is 10.6 Å². The van der Waals surface area contributed by atoms with Crippen LogP contribution in [0.5, 0.6) is 0 Å². The number of aliphatic hydroxyl groups is 1. The van der Waals surface area contributed by atoms with Crippen molar-refractivity contribution >= 4 is 33.4 Å². The zero-order chi connectivity index (χ0) is 17.7. The quantitative estimate of drug-likeness (QED) is 0.539. The van der Waals surface area contributed by atoms with Crippen LogP contribution < -0.4 is 0 Å². The number of thioether (sulfide) groups is 1. The molecule has 1 aliphatic heterocycles. The molecule has 26 heavy (non-hydrogen) atoms. The van der Waals surface area contributed by atoms with E-state index in [1.165, 1.54) is 5.56 Å². The molecule has 2 aliphatic rings. The summed E-state index contributed by atoms with van der Waals surface area (Å²) in [5, 5.41) is 11.2. The second kappa shape index (κ2) is 6.56. The number of likely N-dealkylation sites (tertiary alicyclic amines) is 1. The van der Waals surface area contributed by atoms with Crippen molar-refractivity contribution in [1.29, 1.82) is 0 Å². The Hall–Kier alpha value is -1.54. The van der Waals surface area contributed by atoms with E-state index in [-0.39, 0.29) is 0 Å². The Morgan fingerprint density at radius 2 is 1.96 bits per heavy atom. The van der Waals surface area contributed by atoms with Crippen molar-refractivity contribution in [2.75, 3.05) is 26.0 Å². The largest absolute Gasteiger partial charge is 0.396 e. The maximum absolute atomic E-state index is 9.28. The second-order valence-electron chi connectivity index (χ2n) is 7.12. The van der Waals surface area contributed by atoms with E-state index in [4.69, 9.17) is 4.98 Å². The van der Waals surface area contributed by atoms with Crippen LogP contribution in [-0.2, 0) is 6.54 Å². The number of fused-ring (bicyclic) bond motifs is 2. The van der Waals surface area contributed by atoms with Crippen molar-refractivity contribution in [2.24, 2.45) is 17.8 Å². The van der Waals surface area contributed by atoms with E-state index in [0.717, 1.165) is 57.4 Å². The topological polar surface area (TPSA) is 62.1 Å². The van der Waals surface area contributed by atoms with E-state index in [0.29, 0.717) is 12.5 Å². The molecule has 134 valence electrons. The summed E-state index contributed by atoms with van der Waals surface area (Å²) < 4.78 is 0. The Kier molecular flexibility index (Phi) is 4.20. The number of piperidine rings is 1. The summed E-state index contributed by atoms with van der Waals surface area (Å²) in [5.41, 5.74) is 3.37. The molecule has 0 amide bonds. The molecule has 2 atom stereocenters. The molecule has 1 aromatic carbocycles. The van der Waals surface area contributed by atoms with Gasteiger partial charge in [-0.3, -0.25) is 4.90 Å². The van der Waals surface area contributed by atoms with Crippen molar-refractivity contribution in [1.82, 2.24) is 19.9 Å². The number of aliphatic hydroxyl groups excluding tert-OH is 1. The van der Waals surface area contributed by atoms with Gasteiger partial charge in [0.2, 0.25) is 0 Å². The summed E-state index contributed by atoms with van der Waals surface area (Å²) in [6.45, 7) is 3.62. The lowest BCUT2D eigenvalue weighted by atomic mass is 10.1. The molecule has 1 aliphatic carbocycles. The van der Waals surface area contributed by atoms with Gasteiger partial charge in [0, 0.05) is 31.8 Å². The average molecular weight is 385 g/mol. The molecule has 0 spiro atoms. The van der Waals surface area contributed by atoms with Crippen LogP contribution in [0.3, 0.4) is 0 Å². The molecule has 3 heterocycles. The van der Waals surface area contributed by atoms with Crippen LogP contribution in [0.15, 0.2) is 35.6 Å². The summed E-state index contributed by atoms with van der Waals surface area (Å²) >= 11 is 3.22. The fraction of sp³-hybridized carbons (Fsp3) is 0.421. The van der Waals surface area contributed by atoms with Gasteiger partial charge in [0.05, 0.1) is 0 Å². The Labute approximate surface area is 160 Å². The normalized spacial score (nSPS) is 24.9. The molecule has 5 nitrogen and oxygen atoms in total. The third kappa shape index (κ3) is 2.83. The maximum atomic E-state index is 9.28. The van der Waals surface area contributed by atoms with Gasteiger partial charge in [-0.25, -0.2) is 15.0 Å². The summed E-state index contributed by atoms with van der Waals surface area (Å²) in [5.74, 6) is 2.03. The van der Waals surface area contributed by atoms with Gasteiger partial charge in [0.1, 0.15) is 26.7 Å². The highest BCUT2D eigenvalue weighted by Gasteiger charge is 2.54. The summed E-state index contributed by atoms with van der Waals surface area (Å²) in [6, 6.07) is 8.73. The van der Waals surface area contributed by atoms with Gasteiger partial charge < -0.3 is 5.11 Å². The third-order valence-corrected chi connectivity index (χ3v) is 7.32. The predicted octanol–water partition coefficient (Wildman–Crippen LogP) is 3.15. The van der Waals surface area contributed by atoms with Gasteiger partial charge in [0.25, 0.3) is 0 Å². The van der Waals surface area contributed by atoms with Crippen molar-refractivity contribution in [2.45, 2.75) is 11.6 Å². The lowest BCUT2D eigenvalue weighted by Gasteiger charge is -2.19. The smallest absolute Gasteiger partial charge is 0.148 e. The lowest BCUT2D eigenvalue weighted by molar-refractivity contribution is 0.217. The first kappa shape index (κ1) is 16.6. The van der Waals surface area contributed by atoms with Gasteiger partial charge in [-0.05, 0) is 29.6 Å². The van der Waals surface area contributed by atoms with Gasteiger partial charge in [0.15, 0.2) is 0 Å². The number of hydrogen-bond acceptors (Lipinski definition) is 7. The van der Waals surface area contributed by atoms with Crippen LogP contribution in [-0.4, -0.2) is 50.9 Å². The fourth-order valence-electron chi connectivity index (χ4n) is 4.15. The number of thiazole rings is 1. The van der Waals surface area contributed by atoms with E-state index >= 15 is 0 Å². The minimum Gasteiger partial charge on any atom is -0.396 e. The van der Waals surface area contributed by atoms with Crippen molar-refractivity contribution < 1.29 is 5.11 Å². The van der Waals surface area contributed by atoms with Gasteiger partial charge in [-0.2, -0.15) is 0 Å². The molecular formula is C19H20N4OS2. The van der Waals surface area contributed by atoms with E-state index in [2.05, 4.69) is 39.1 Å². The first-order valence-electron chi connectivity index (χ1n) is 8.85. The van der Waals surface area contributed by atoms with E-state index in [9.17, 15) is 5.11 Å². The van der Waals surface area contributed by atoms with E-state index in [1.807, 2.05) is 6.26 Å². The molecular weight excluding hydrogens is 364 g/mol. The van der Waals surface area contributed by atoms with Crippen molar-refractivity contribution in [3.05, 3.63) is 36.2 Å². The molecule has 3 aromatic rings. The monoisotopic (exact) mass is 384 g/mol. The molecule has 1 N–H and O–H groups in total. The zero-order valence-electron chi connectivity index (χ0n) is 14.5. The SMILES string of the molecule is CSc1ncnc2sc(-c3ccc(CN4CC5C(CO)C5C4)cc3)nc12. The molecule has 2 unspecified atom stereocenters. The highest BCUT2D eigenvalue weighted by atomic mass is 32.2. The van der Waals surface area contributed by atoms with E-state index in [1.54, 1.807) is 29.4 Å². The van der Waals surface area contributed by atoms with Crippen LogP contribution >= 0.6 is 23.1 Å². The Bertz CT molecular complexity index is 930. The molecule has 0 bridgehead atoms. The van der Waals surface area contributed by atoms with Crippen LogP contribution in [0, 0.1) is 17.8 Å². The molecule has 1 saturated heterocycles. The van der Waals surface area contributed by atoms with Gasteiger partial charge in [-0.15, -0.1) is 11.8 Å². The minimum atomic E-state index is 0.364. The molecule has 2 aromatic heterocycles. The van der Waals surface area contributed by atoms with Crippen LogP contribution in [0.25, 0.3) is 20.9 Å². The summed E-state index contributed by atoms with van der Waals surface area (Å²) in [6.07, 6.45) is 3.63. The number of benzene rings is 1. The summed E-state index contributed by atoms with van der Waals surface area (Å²) in [7, 11) is 0. The minimum absolute atomic E-state index is 0.364. The Balaban J connectivity index is 1.31. The zero-order valence-corrected chi connectivity index (χ0v) is 16.1. The second-order valence-corrected chi connectivity index (χ2v) is 8.89. The summed E-state index contributed by atoms with van der Waals surface area (Å²) in [4.78, 5) is 16.9. The predicted molar refractivity (Wildman–Crippen MR) is 105 cm³/mol. The number of rotatable bonds is 5. The standard InChI is InChI=1S/C19H20N4OS2/c1-25-18-16-19(21-10-20-18)26-17(22-16)12-4-2-11(3-5-12)6-23-7-13-14(8-23)15(13)9-24/h2-5,10,13-15,24H,6-9H2,1H3. The van der Waals surface area contributed by atoms with Crippen LogP contribution in [0.2, 0.25) is 0 Å². The average Bonchev–Trinajstić information content (AvgIpc) is 3.01. The van der Waals surface area contributed by atoms with Gasteiger partial charge >= 0.3 is 0 Å². The highest BCUT2D eigenvalue weighted by molar-refractivity contribution is 7.98. The van der Waals surface area contributed by atoms with Gasteiger partial charge in [-0.1, -0.05) is 35.6 Å². The highest BCUT2D eigenvalue weighted by Crippen LogP contribution is 2.51. The number of hydrogen-bond donors (Lipinski definition) is 1. The number of aromatic nitrogens is 3. The lowest BCUT2D eigenvalue weighted by Crippen LogP contribution is -2.24. The third-order valence-electron chi connectivity index (χ3n) is 5.62. The molecule has 2 fully saturated rings. The first-order valence-corrected chi connectivity index (χ1v) is 10.9. The Morgan fingerprint density at radius 1 is 1.19 bits per heavy atom. The van der Waals surface area contributed by atoms with E-state index < -0.39 is 0 Å². The van der Waals surface area contributed by atoms with Crippen LogP contribution in [0.4, 0.5) is 0 Å².